The summed E-state index contributed by atoms with van der Waals surface area (Å²) in [5, 5.41) is 11.7. The first-order valence-electron chi connectivity index (χ1n) is 6.89. The van der Waals surface area contributed by atoms with Crippen molar-refractivity contribution in [1.82, 2.24) is 10.2 Å². The van der Waals surface area contributed by atoms with Crippen molar-refractivity contribution in [3.8, 4) is 0 Å². The van der Waals surface area contributed by atoms with Gasteiger partial charge in [-0.15, -0.1) is 0 Å². The maximum absolute atomic E-state index is 11.6. The number of carbonyl (C=O) groups excluding carboxylic acids is 1. The molecule has 4 heteroatoms. The fraction of sp³-hybridized carbons (Fsp3) is 0.533. The molecule has 0 radical (unpaired) electrons. The van der Waals surface area contributed by atoms with Gasteiger partial charge >= 0.3 is 0 Å². The smallest absolute Gasteiger partial charge is 0.233 e. The molecule has 1 atom stereocenters. The van der Waals surface area contributed by atoms with E-state index in [2.05, 4.69) is 34.5 Å². The number of likely N-dealkylation sites (N-methyl/N-ethyl adjacent to an activating group) is 1. The number of rotatable bonds is 6. The molecule has 0 aliphatic heterocycles. The van der Waals surface area contributed by atoms with E-state index in [4.69, 9.17) is 5.11 Å². The van der Waals surface area contributed by atoms with Crippen LogP contribution in [0.3, 0.4) is 0 Å². The molecule has 1 aliphatic carbocycles. The number of nitrogens with zero attached hydrogens (tertiary/aromatic N) is 1. The molecule has 0 spiro atoms. The number of aliphatic hydroxyl groups is 1. The van der Waals surface area contributed by atoms with E-state index in [1.807, 2.05) is 0 Å². The Morgan fingerprint density at radius 1 is 1.47 bits per heavy atom. The number of carbonyl (C=O) groups is 1. The third kappa shape index (κ3) is 3.33. The van der Waals surface area contributed by atoms with Crippen LogP contribution in [-0.4, -0.2) is 42.7 Å². The molecule has 0 aromatic heterocycles. The maximum atomic E-state index is 11.6. The summed E-state index contributed by atoms with van der Waals surface area (Å²) in [4.78, 5) is 13.8. The van der Waals surface area contributed by atoms with Gasteiger partial charge in [0.2, 0.25) is 5.91 Å². The van der Waals surface area contributed by atoms with Gasteiger partial charge in [-0.1, -0.05) is 24.3 Å². The van der Waals surface area contributed by atoms with Crippen LogP contribution in [0, 0.1) is 0 Å². The highest BCUT2D eigenvalue weighted by atomic mass is 16.3. The molecule has 0 saturated carbocycles. The lowest BCUT2D eigenvalue weighted by molar-refractivity contribution is -0.122. The molecule has 104 valence electrons. The first-order chi connectivity index (χ1) is 9.26. The number of nitrogens with one attached hydrogen (secondary N) is 1. The topological polar surface area (TPSA) is 52.6 Å². The van der Waals surface area contributed by atoms with E-state index in [0.29, 0.717) is 19.0 Å². The first-order valence-corrected chi connectivity index (χ1v) is 6.89. The third-order valence-electron chi connectivity index (χ3n) is 3.77. The van der Waals surface area contributed by atoms with E-state index < -0.39 is 0 Å². The van der Waals surface area contributed by atoms with Gasteiger partial charge in [0, 0.05) is 26.2 Å². The molecular formula is C15H22N2O2. The Bertz CT molecular complexity index is 434. The van der Waals surface area contributed by atoms with Crippen LogP contribution in [-0.2, 0) is 11.2 Å². The number of benzene rings is 1. The van der Waals surface area contributed by atoms with Crippen LogP contribution >= 0.6 is 0 Å². The highest BCUT2D eigenvalue weighted by molar-refractivity contribution is 5.77. The number of aryl methyl sites for hydroxylation is 1. The van der Waals surface area contributed by atoms with Gasteiger partial charge in [-0.25, -0.2) is 0 Å². The molecule has 0 fully saturated rings. The van der Waals surface area contributed by atoms with Gasteiger partial charge < -0.3 is 10.4 Å². The Morgan fingerprint density at radius 2 is 2.26 bits per heavy atom. The van der Waals surface area contributed by atoms with Gasteiger partial charge in [-0.3, -0.25) is 9.69 Å². The number of hydrogen-bond donors (Lipinski definition) is 2. The van der Waals surface area contributed by atoms with Crippen molar-refractivity contribution < 1.29 is 9.90 Å². The van der Waals surface area contributed by atoms with Gasteiger partial charge in [0.15, 0.2) is 0 Å². The zero-order chi connectivity index (χ0) is 13.7. The van der Waals surface area contributed by atoms with Gasteiger partial charge in [0.25, 0.3) is 0 Å². The minimum absolute atomic E-state index is 0.0299. The summed E-state index contributed by atoms with van der Waals surface area (Å²) in [6.07, 6.45) is 2.83. The quantitative estimate of drug-likeness (QED) is 0.807. The molecule has 0 heterocycles. The summed E-state index contributed by atoms with van der Waals surface area (Å²) in [5.41, 5.74) is 2.72. The first kappa shape index (κ1) is 14.0. The molecular weight excluding hydrogens is 240 g/mol. The van der Waals surface area contributed by atoms with Crippen LogP contribution in [0.1, 0.15) is 30.0 Å². The summed E-state index contributed by atoms with van der Waals surface area (Å²) in [7, 11) is 1.66. The van der Waals surface area contributed by atoms with Crippen molar-refractivity contribution in [2.24, 2.45) is 0 Å². The van der Waals surface area contributed by atoms with Crippen LogP contribution in [0.25, 0.3) is 0 Å². The number of aliphatic hydroxyl groups excluding tert-OH is 1. The normalized spacial score (nSPS) is 17.5. The second kappa shape index (κ2) is 6.68. The van der Waals surface area contributed by atoms with Crippen molar-refractivity contribution >= 4 is 5.91 Å². The molecule has 0 saturated heterocycles. The van der Waals surface area contributed by atoms with E-state index in [1.54, 1.807) is 7.05 Å². The molecule has 19 heavy (non-hydrogen) atoms. The largest absolute Gasteiger partial charge is 0.396 e. The van der Waals surface area contributed by atoms with Gasteiger partial charge in [-0.2, -0.15) is 0 Å². The van der Waals surface area contributed by atoms with E-state index in [9.17, 15) is 4.79 Å². The summed E-state index contributed by atoms with van der Waals surface area (Å²) in [5.74, 6) is 0.0299. The average molecular weight is 262 g/mol. The van der Waals surface area contributed by atoms with Crippen LogP contribution in [0.4, 0.5) is 0 Å². The fourth-order valence-corrected chi connectivity index (χ4v) is 2.80. The third-order valence-corrected chi connectivity index (χ3v) is 3.77. The zero-order valence-corrected chi connectivity index (χ0v) is 11.4. The predicted octanol–water partition coefficient (Wildman–Crippen LogP) is 1.10. The molecule has 1 aliphatic rings. The van der Waals surface area contributed by atoms with E-state index in [0.717, 1.165) is 19.4 Å². The van der Waals surface area contributed by atoms with Crippen LogP contribution in [0.2, 0.25) is 0 Å². The van der Waals surface area contributed by atoms with E-state index >= 15 is 0 Å². The molecule has 2 N–H and O–H groups in total. The van der Waals surface area contributed by atoms with Crippen molar-refractivity contribution in [2.75, 3.05) is 26.7 Å². The highest BCUT2D eigenvalue weighted by Gasteiger charge is 2.28. The average Bonchev–Trinajstić information content (AvgIpc) is 2.87. The van der Waals surface area contributed by atoms with Gasteiger partial charge in [0.05, 0.1) is 6.54 Å². The van der Waals surface area contributed by atoms with Crippen molar-refractivity contribution in [1.29, 1.82) is 0 Å². The molecule has 1 amide bonds. The minimum atomic E-state index is 0.0299. The van der Waals surface area contributed by atoms with E-state index in [-0.39, 0.29) is 12.5 Å². The number of fused-ring (bicyclic) bond motifs is 1. The second-order valence-corrected chi connectivity index (χ2v) is 4.97. The molecule has 1 unspecified atom stereocenters. The van der Waals surface area contributed by atoms with Crippen molar-refractivity contribution in [2.45, 2.75) is 25.3 Å². The van der Waals surface area contributed by atoms with Crippen LogP contribution in [0.5, 0.6) is 0 Å². The Balaban J connectivity index is 2.12. The number of amides is 1. The number of hydrogen-bond acceptors (Lipinski definition) is 3. The van der Waals surface area contributed by atoms with E-state index in [1.165, 1.54) is 11.1 Å². The van der Waals surface area contributed by atoms with Crippen molar-refractivity contribution in [3.05, 3.63) is 35.4 Å². The van der Waals surface area contributed by atoms with Gasteiger partial charge in [-0.05, 0) is 30.4 Å². The standard InChI is InChI=1S/C15H22N2O2/c1-16-15(19)11-17(9-4-10-18)14-8-7-12-5-2-3-6-13(12)14/h2-3,5-6,14,18H,4,7-11H2,1H3,(H,16,19). The monoisotopic (exact) mass is 262 g/mol. The lowest BCUT2D eigenvalue weighted by atomic mass is 10.1. The Hall–Kier alpha value is -1.39. The minimum Gasteiger partial charge on any atom is -0.396 e. The Labute approximate surface area is 114 Å². The summed E-state index contributed by atoms with van der Waals surface area (Å²) in [6.45, 7) is 1.32. The summed E-state index contributed by atoms with van der Waals surface area (Å²) >= 11 is 0. The second-order valence-electron chi connectivity index (χ2n) is 4.97. The van der Waals surface area contributed by atoms with Crippen molar-refractivity contribution in [3.63, 3.8) is 0 Å². The summed E-state index contributed by atoms with van der Waals surface area (Å²) in [6, 6.07) is 8.75. The Kier molecular flexibility index (Phi) is 4.93. The maximum Gasteiger partial charge on any atom is 0.233 e. The van der Waals surface area contributed by atoms with Crippen LogP contribution in [0.15, 0.2) is 24.3 Å². The lowest BCUT2D eigenvalue weighted by Gasteiger charge is -2.28. The van der Waals surface area contributed by atoms with Gasteiger partial charge in [0.1, 0.15) is 0 Å². The molecule has 1 aromatic rings. The SMILES string of the molecule is CNC(=O)CN(CCCO)C1CCc2ccccc21. The fourth-order valence-electron chi connectivity index (χ4n) is 2.80. The molecule has 1 aromatic carbocycles. The summed E-state index contributed by atoms with van der Waals surface area (Å²) < 4.78 is 0. The zero-order valence-electron chi connectivity index (χ0n) is 11.4. The highest BCUT2D eigenvalue weighted by Crippen LogP contribution is 2.35. The molecule has 4 nitrogen and oxygen atoms in total. The van der Waals surface area contributed by atoms with Crippen LogP contribution < -0.4 is 5.32 Å². The molecule has 0 bridgehead atoms. The predicted molar refractivity (Wildman–Crippen MR) is 74.8 cm³/mol. The molecule has 2 rings (SSSR count). The Morgan fingerprint density at radius 3 is 3.00 bits per heavy atom. The lowest BCUT2D eigenvalue weighted by Crippen LogP contribution is -2.38.